The SMILES string of the molecule is CNC(=O)[C@@H]1CCCC[C@H]1Nc1nnc(-c2ccccc2)s1. The van der Waals surface area contributed by atoms with Crippen molar-refractivity contribution in [2.75, 3.05) is 12.4 Å². The Morgan fingerprint density at radius 2 is 1.95 bits per heavy atom. The highest BCUT2D eigenvalue weighted by Gasteiger charge is 2.30. The zero-order valence-corrected chi connectivity index (χ0v) is 13.4. The summed E-state index contributed by atoms with van der Waals surface area (Å²) in [5, 5.41) is 16.4. The molecule has 1 aliphatic rings. The summed E-state index contributed by atoms with van der Waals surface area (Å²) in [6, 6.07) is 10.2. The molecule has 1 heterocycles. The van der Waals surface area contributed by atoms with Crippen LogP contribution in [0.4, 0.5) is 5.13 Å². The Morgan fingerprint density at radius 3 is 2.73 bits per heavy atom. The Kier molecular flexibility index (Phi) is 4.68. The van der Waals surface area contributed by atoms with Gasteiger partial charge in [0.25, 0.3) is 0 Å². The lowest BCUT2D eigenvalue weighted by Crippen LogP contribution is -2.41. The topological polar surface area (TPSA) is 66.9 Å². The van der Waals surface area contributed by atoms with E-state index in [1.54, 1.807) is 7.05 Å². The van der Waals surface area contributed by atoms with Crippen LogP contribution in [0.1, 0.15) is 25.7 Å². The first-order valence-corrected chi connectivity index (χ1v) is 8.46. The molecule has 0 spiro atoms. The lowest BCUT2D eigenvalue weighted by atomic mass is 9.84. The second-order valence-electron chi connectivity index (χ2n) is 5.53. The molecule has 3 rings (SSSR count). The van der Waals surface area contributed by atoms with Gasteiger partial charge in [-0.2, -0.15) is 0 Å². The highest BCUT2D eigenvalue weighted by molar-refractivity contribution is 7.18. The average Bonchev–Trinajstić information content (AvgIpc) is 3.04. The third-order valence-electron chi connectivity index (χ3n) is 4.10. The summed E-state index contributed by atoms with van der Waals surface area (Å²) in [4.78, 5) is 12.0. The van der Waals surface area contributed by atoms with Crippen molar-refractivity contribution in [1.29, 1.82) is 0 Å². The molecule has 1 saturated carbocycles. The van der Waals surface area contributed by atoms with Gasteiger partial charge >= 0.3 is 0 Å². The monoisotopic (exact) mass is 316 g/mol. The molecule has 1 fully saturated rings. The van der Waals surface area contributed by atoms with E-state index in [-0.39, 0.29) is 17.9 Å². The summed E-state index contributed by atoms with van der Waals surface area (Å²) >= 11 is 1.54. The van der Waals surface area contributed by atoms with Crippen molar-refractivity contribution in [3.63, 3.8) is 0 Å². The van der Waals surface area contributed by atoms with Gasteiger partial charge in [-0.25, -0.2) is 0 Å². The standard InChI is InChI=1S/C16H20N4OS/c1-17-14(21)12-9-5-6-10-13(12)18-16-20-19-15(22-16)11-7-3-2-4-8-11/h2-4,7-8,12-13H,5-6,9-10H2,1H3,(H,17,21)(H,18,20)/t12-,13-/m1/s1. The summed E-state index contributed by atoms with van der Waals surface area (Å²) in [5.41, 5.74) is 1.07. The molecule has 6 heteroatoms. The fraction of sp³-hybridized carbons (Fsp3) is 0.438. The molecule has 2 N–H and O–H groups in total. The van der Waals surface area contributed by atoms with E-state index in [9.17, 15) is 4.79 Å². The number of benzene rings is 1. The van der Waals surface area contributed by atoms with Gasteiger partial charge in [-0.15, -0.1) is 10.2 Å². The number of nitrogens with one attached hydrogen (secondary N) is 2. The van der Waals surface area contributed by atoms with Crippen LogP contribution in [-0.4, -0.2) is 29.2 Å². The zero-order chi connectivity index (χ0) is 15.4. The number of hydrogen-bond acceptors (Lipinski definition) is 5. The van der Waals surface area contributed by atoms with E-state index in [4.69, 9.17) is 0 Å². The van der Waals surface area contributed by atoms with E-state index >= 15 is 0 Å². The van der Waals surface area contributed by atoms with Crippen LogP contribution in [0.2, 0.25) is 0 Å². The van der Waals surface area contributed by atoms with Gasteiger partial charge in [0.2, 0.25) is 11.0 Å². The lowest BCUT2D eigenvalue weighted by molar-refractivity contribution is -0.125. The third kappa shape index (κ3) is 3.27. The van der Waals surface area contributed by atoms with Crippen molar-refractivity contribution in [3.05, 3.63) is 30.3 Å². The van der Waals surface area contributed by atoms with Gasteiger partial charge in [0.1, 0.15) is 5.01 Å². The highest BCUT2D eigenvalue weighted by Crippen LogP contribution is 2.31. The van der Waals surface area contributed by atoms with E-state index < -0.39 is 0 Å². The fourth-order valence-corrected chi connectivity index (χ4v) is 3.75. The summed E-state index contributed by atoms with van der Waals surface area (Å²) < 4.78 is 0. The maximum atomic E-state index is 12.0. The molecule has 1 amide bonds. The molecule has 0 saturated heterocycles. The fourth-order valence-electron chi connectivity index (χ4n) is 2.94. The first-order valence-electron chi connectivity index (χ1n) is 7.65. The second kappa shape index (κ2) is 6.87. The number of rotatable bonds is 4. The summed E-state index contributed by atoms with van der Waals surface area (Å²) in [6.45, 7) is 0. The van der Waals surface area contributed by atoms with Crippen molar-refractivity contribution in [1.82, 2.24) is 15.5 Å². The zero-order valence-electron chi connectivity index (χ0n) is 12.6. The molecule has 0 unspecified atom stereocenters. The Bertz CT molecular complexity index is 628. The van der Waals surface area contributed by atoms with E-state index in [0.29, 0.717) is 0 Å². The van der Waals surface area contributed by atoms with Crippen molar-refractivity contribution in [2.45, 2.75) is 31.7 Å². The Morgan fingerprint density at radius 1 is 1.18 bits per heavy atom. The van der Waals surface area contributed by atoms with E-state index in [2.05, 4.69) is 20.8 Å². The molecule has 0 aliphatic heterocycles. The van der Waals surface area contributed by atoms with Crippen molar-refractivity contribution in [3.8, 4) is 10.6 Å². The predicted molar refractivity (Wildman–Crippen MR) is 88.8 cm³/mol. The molecule has 22 heavy (non-hydrogen) atoms. The quantitative estimate of drug-likeness (QED) is 0.910. The third-order valence-corrected chi connectivity index (χ3v) is 5.01. The summed E-state index contributed by atoms with van der Waals surface area (Å²) in [5.74, 6) is 0.132. The molecule has 0 radical (unpaired) electrons. The molecule has 2 atom stereocenters. The van der Waals surface area contributed by atoms with Crippen molar-refractivity contribution < 1.29 is 4.79 Å². The molecule has 2 aromatic rings. The molecule has 0 bridgehead atoms. The minimum Gasteiger partial charge on any atom is -0.359 e. The van der Waals surface area contributed by atoms with Crippen LogP contribution in [0, 0.1) is 5.92 Å². The van der Waals surface area contributed by atoms with E-state index in [1.807, 2.05) is 30.3 Å². The minimum atomic E-state index is 0.0165. The first-order chi connectivity index (χ1) is 10.8. The molecule has 5 nitrogen and oxygen atoms in total. The van der Waals surface area contributed by atoms with E-state index in [0.717, 1.165) is 41.4 Å². The normalized spacial score (nSPS) is 21.3. The van der Waals surface area contributed by atoms with E-state index in [1.165, 1.54) is 11.3 Å². The van der Waals surface area contributed by atoms with Crippen LogP contribution >= 0.6 is 11.3 Å². The predicted octanol–water partition coefficient (Wildman–Crippen LogP) is 2.92. The van der Waals surface area contributed by atoms with Crippen LogP contribution in [0.25, 0.3) is 10.6 Å². The molecular formula is C16H20N4OS. The maximum absolute atomic E-state index is 12.0. The average molecular weight is 316 g/mol. The lowest BCUT2D eigenvalue weighted by Gasteiger charge is -2.30. The van der Waals surface area contributed by atoms with Crippen LogP contribution in [-0.2, 0) is 4.79 Å². The van der Waals surface area contributed by atoms with Crippen LogP contribution in [0.15, 0.2) is 30.3 Å². The minimum absolute atomic E-state index is 0.0165. The van der Waals surface area contributed by atoms with Gasteiger partial charge in [-0.1, -0.05) is 54.5 Å². The molecular weight excluding hydrogens is 296 g/mol. The number of anilines is 1. The van der Waals surface area contributed by atoms with Gasteiger partial charge in [-0.3, -0.25) is 4.79 Å². The summed E-state index contributed by atoms with van der Waals surface area (Å²) in [7, 11) is 1.70. The van der Waals surface area contributed by atoms with Gasteiger partial charge in [0, 0.05) is 18.7 Å². The molecule has 116 valence electrons. The summed E-state index contributed by atoms with van der Waals surface area (Å²) in [6.07, 6.45) is 4.19. The van der Waals surface area contributed by atoms with Crippen molar-refractivity contribution in [2.24, 2.45) is 5.92 Å². The smallest absolute Gasteiger partial charge is 0.224 e. The maximum Gasteiger partial charge on any atom is 0.224 e. The number of nitrogens with zero attached hydrogens (tertiary/aromatic N) is 2. The molecule has 1 aliphatic carbocycles. The number of hydrogen-bond donors (Lipinski definition) is 2. The first kappa shape index (κ1) is 15.0. The Labute approximate surface area is 134 Å². The van der Waals surface area contributed by atoms with Crippen LogP contribution in [0.3, 0.4) is 0 Å². The molecule has 1 aromatic heterocycles. The second-order valence-corrected chi connectivity index (χ2v) is 6.51. The number of aromatic nitrogens is 2. The number of carbonyl (C=O) groups is 1. The van der Waals surface area contributed by atoms with Gasteiger partial charge < -0.3 is 10.6 Å². The highest BCUT2D eigenvalue weighted by atomic mass is 32.1. The van der Waals surface area contributed by atoms with Crippen LogP contribution in [0.5, 0.6) is 0 Å². The van der Waals surface area contributed by atoms with Crippen LogP contribution < -0.4 is 10.6 Å². The number of carbonyl (C=O) groups excluding carboxylic acids is 1. The van der Waals surface area contributed by atoms with Gasteiger partial charge in [-0.05, 0) is 12.8 Å². The molecule has 1 aromatic carbocycles. The van der Waals surface area contributed by atoms with Crippen molar-refractivity contribution >= 4 is 22.4 Å². The Balaban J connectivity index is 1.72. The van der Waals surface area contributed by atoms with Gasteiger partial charge in [0.05, 0.1) is 5.92 Å². The Hall–Kier alpha value is -1.95. The largest absolute Gasteiger partial charge is 0.359 e. The number of amides is 1. The van der Waals surface area contributed by atoms with Gasteiger partial charge in [0.15, 0.2) is 0 Å².